The van der Waals surface area contributed by atoms with E-state index < -0.39 is 6.09 Å². The van der Waals surface area contributed by atoms with Gasteiger partial charge in [0.25, 0.3) is 0 Å². The van der Waals surface area contributed by atoms with Gasteiger partial charge in [0.15, 0.2) is 0 Å². The van der Waals surface area contributed by atoms with Gasteiger partial charge in [-0.05, 0) is 17.2 Å². The highest BCUT2D eigenvalue weighted by Gasteiger charge is 2.02. The fourth-order valence-electron chi connectivity index (χ4n) is 1.38. The topological polar surface area (TPSA) is 65.2 Å². The number of hydrogen-bond acceptors (Lipinski definition) is 3. The Bertz CT molecular complexity index is 497. The number of carbonyl (C=O) groups excluding carboxylic acids is 1. The highest BCUT2D eigenvalue weighted by Crippen LogP contribution is 2.21. The predicted molar refractivity (Wildman–Crippen MR) is 59.9 cm³/mol. The van der Waals surface area contributed by atoms with E-state index in [1.807, 2.05) is 36.4 Å². The molecular weight excluding hydrogens is 204 g/mol. The van der Waals surface area contributed by atoms with Gasteiger partial charge in [-0.25, -0.2) is 9.78 Å². The summed E-state index contributed by atoms with van der Waals surface area (Å²) in [4.78, 5) is 14.5. The Labute approximate surface area is 92.7 Å². The molecule has 1 heterocycles. The summed E-state index contributed by atoms with van der Waals surface area (Å²) in [5, 5.41) is 0. The molecule has 0 unspecified atom stereocenters. The fraction of sp³-hybridized carbons (Fsp3) is 0. The maximum Gasteiger partial charge on any atom is 0.411 e. The van der Waals surface area contributed by atoms with Gasteiger partial charge in [0.1, 0.15) is 0 Å². The van der Waals surface area contributed by atoms with Gasteiger partial charge in [-0.3, -0.25) is 0 Å². The number of nitrogens with two attached hydrogens (primary N) is 1. The summed E-state index contributed by atoms with van der Waals surface area (Å²) in [6.45, 7) is 0. The van der Waals surface area contributed by atoms with Crippen molar-refractivity contribution in [3.8, 4) is 17.0 Å². The second kappa shape index (κ2) is 4.44. The van der Waals surface area contributed by atoms with Gasteiger partial charge >= 0.3 is 6.09 Å². The van der Waals surface area contributed by atoms with E-state index in [1.54, 1.807) is 12.3 Å². The van der Waals surface area contributed by atoms with Crippen LogP contribution in [-0.2, 0) is 0 Å². The lowest BCUT2D eigenvalue weighted by molar-refractivity contribution is 0.209. The highest BCUT2D eigenvalue weighted by atomic mass is 16.6. The molecule has 1 aromatic carbocycles. The summed E-state index contributed by atoms with van der Waals surface area (Å²) in [6, 6.07) is 13.2. The van der Waals surface area contributed by atoms with Gasteiger partial charge in [0, 0.05) is 12.3 Å². The van der Waals surface area contributed by atoms with E-state index in [1.165, 1.54) is 0 Å². The van der Waals surface area contributed by atoms with Crippen LogP contribution in [0.15, 0.2) is 48.7 Å². The molecule has 0 aliphatic heterocycles. The minimum Gasteiger partial charge on any atom is -0.391 e. The molecule has 2 N–H and O–H groups in total. The van der Waals surface area contributed by atoms with E-state index in [-0.39, 0.29) is 5.88 Å². The predicted octanol–water partition coefficient (Wildman–Crippen LogP) is 2.21. The number of aromatic nitrogens is 1. The first kappa shape index (κ1) is 10.2. The molecule has 80 valence electrons. The minimum absolute atomic E-state index is 0.203. The zero-order chi connectivity index (χ0) is 11.4. The van der Waals surface area contributed by atoms with Crippen molar-refractivity contribution >= 4 is 6.09 Å². The van der Waals surface area contributed by atoms with Crippen molar-refractivity contribution in [2.45, 2.75) is 0 Å². The number of hydrogen-bond donors (Lipinski definition) is 1. The van der Waals surface area contributed by atoms with Crippen molar-refractivity contribution in [3.05, 3.63) is 48.7 Å². The lowest BCUT2D eigenvalue weighted by Gasteiger charge is -2.03. The third-order valence-corrected chi connectivity index (χ3v) is 2.05. The molecule has 4 nitrogen and oxygen atoms in total. The van der Waals surface area contributed by atoms with Gasteiger partial charge < -0.3 is 10.5 Å². The molecule has 0 bridgehead atoms. The van der Waals surface area contributed by atoms with Crippen molar-refractivity contribution in [1.29, 1.82) is 0 Å². The monoisotopic (exact) mass is 214 g/mol. The van der Waals surface area contributed by atoms with Gasteiger partial charge in [-0.2, -0.15) is 0 Å². The smallest absolute Gasteiger partial charge is 0.391 e. The molecule has 16 heavy (non-hydrogen) atoms. The third kappa shape index (κ3) is 2.36. The van der Waals surface area contributed by atoms with Gasteiger partial charge in [0.2, 0.25) is 5.88 Å². The molecule has 2 rings (SSSR count). The molecule has 4 heteroatoms. The van der Waals surface area contributed by atoms with Crippen LogP contribution >= 0.6 is 0 Å². The molecule has 0 aliphatic rings. The quantitative estimate of drug-likeness (QED) is 0.833. The van der Waals surface area contributed by atoms with E-state index in [9.17, 15) is 4.79 Å². The number of benzene rings is 1. The van der Waals surface area contributed by atoms with Gasteiger partial charge in [-0.1, -0.05) is 30.3 Å². The van der Waals surface area contributed by atoms with E-state index in [0.29, 0.717) is 0 Å². The summed E-state index contributed by atoms with van der Waals surface area (Å²) >= 11 is 0. The second-order valence-electron chi connectivity index (χ2n) is 3.17. The number of nitrogens with zero attached hydrogens (tertiary/aromatic N) is 1. The Balaban J connectivity index is 2.33. The molecule has 1 aromatic heterocycles. The number of rotatable bonds is 2. The van der Waals surface area contributed by atoms with Gasteiger partial charge in [0.05, 0.1) is 0 Å². The Morgan fingerprint density at radius 1 is 1.12 bits per heavy atom. The van der Waals surface area contributed by atoms with Crippen LogP contribution in [0.2, 0.25) is 0 Å². The van der Waals surface area contributed by atoms with Crippen LogP contribution in [0.5, 0.6) is 5.88 Å². The van der Waals surface area contributed by atoms with E-state index in [4.69, 9.17) is 10.5 Å². The van der Waals surface area contributed by atoms with Crippen LogP contribution in [0.1, 0.15) is 0 Å². The molecule has 0 radical (unpaired) electrons. The number of ether oxygens (including phenoxy) is 1. The van der Waals surface area contributed by atoms with E-state index in [2.05, 4.69) is 4.98 Å². The van der Waals surface area contributed by atoms with Crippen LogP contribution in [0.4, 0.5) is 4.79 Å². The lowest BCUT2D eigenvalue weighted by Crippen LogP contribution is -2.16. The average molecular weight is 214 g/mol. The Hall–Kier alpha value is -2.36. The summed E-state index contributed by atoms with van der Waals surface area (Å²) in [5.74, 6) is 0.203. The molecule has 0 saturated heterocycles. The molecule has 2 aromatic rings. The fourth-order valence-corrected chi connectivity index (χ4v) is 1.38. The van der Waals surface area contributed by atoms with Crippen LogP contribution in [0.3, 0.4) is 0 Å². The maximum absolute atomic E-state index is 10.6. The van der Waals surface area contributed by atoms with Crippen molar-refractivity contribution in [2.75, 3.05) is 0 Å². The number of carbonyl (C=O) groups is 1. The Morgan fingerprint density at radius 3 is 2.56 bits per heavy atom. The van der Waals surface area contributed by atoms with Crippen molar-refractivity contribution in [1.82, 2.24) is 4.98 Å². The van der Waals surface area contributed by atoms with Crippen molar-refractivity contribution in [2.24, 2.45) is 5.73 Å². The molecule has 0 spiro atoms. The first-order valence-corrected chi connectivity index (χ1v) is 4.74. The van der Waals surface area contributed by atoms with Crippen LogP contribution < -0.4 is 10.5 Å². The molecule has 0 fully saturated rings. The minimum atomic E-state index is -0.863. The molecule has 0 saturated carbocycles. The largest absolute Gasteiger partial charge is 0.411 e. The third-order valence-electron chi connectivity index (χ3n) is 2.05. The van der Waals surface area contributed by atoms with Gasteiger partial charge in [-0.15, -0.1) is 0 Å². The first-order chi connectivity index (χ1) is 7.75. The lowest BCUT2D eigenvalue weighted by atomic mass is 10.1. The van der Waals surface area contributed by atoms with Crippen LogP contribution in [0.25, 0.3) is 11.1 Å². The zero-order valence-corrected chi connectivity index (χ0v) is 8.46. The average Bonchev–Trinajstić information content (AvgIpc) is 2.30. The summed E-state index contributed by atoms with van der Waals surface area (Å²) in [6.07, 6.45) is 0.707. The van der Waals surface area contributed by atoms with Crippen molar-refractivity contribution < 1.29 is 9.53 Å². The highest BCUT2D eigenvalue weighted by molar-refractivity contribution is 5.69. The number of pyridine rings is 1. The summed E-state index contributed by atoms with van der Waals surface area (Å²) < 4.78 is 4.70. The second-order valence-corrected chi connectivity index (χ2v) is 3.17. The van der Waals surface area contributed by atoms with E-state index >= 15 is 0 Å². The molecule has 1 amide bonds. The SMILES string of the molecule is NC(=O)Oc1cc(-c2ccccc2)ccn1. The molecule has 0 aliphatic carbocycles. The van der Waals surface area contributed by atoms with Crippen LogP contribution in [0, 0.1) is 0 Å². The zero-order valence-electron chi connectivity index (χ0n) is 8.46. The summed E-state index contributed by atoms with van der Waals surface area (Å²) in [7, 11) is 0. The summed E-state index contributed by atoms with van der Waals surface area (Å²) in [5.41, 5.74) is 6.86. The van der Waals surface area contributed by atoms with Crippen LogP contribution in [-0.4, -0.2) is 11.1 Å². The molecular formula is C12H10N2O2. The maximum atomic E-state index is 10.6. The Morgan fingerprint density at radius 2 is 1.88 bits per heavy atom. The first-order valence-electron chi connectivity index (χ1n) is 4.74. The van der Waals surface area contributed by atoms with E-state index in [0.717, 1.165) is 11.1 Å². The van der Waals surface area contributed by atoms with Crippen molar-refractivity contribution in [3.63, 3.8) is 0 Å². The number of primary amides is 1. The standard InChI is InChI=1S/C12H10N2O2/c13-12(15)16-11-8-10(6-7-14-11)9-4-2-1-3-5-9/h1-8H,(H2,13,15). The number of amides is 1. The Kier molecular flexibility index (Phi) is 2.82. The molecule has 0 atom stereocenters. The normalized spacial score (nSPS) is 9.75.